The average molecular weight is 801 g/mol. The van der Waals surface area contributed by atoms with Gasteiger partial charge >= 0.3 is 11.9 Å². The Morgan fingerprint density at radius 3 is 2.32 bits per heavy atom. The molecule has 0 unspecified atom stereocenters. The van der Waals surface area contributed by atoms with Crippen LogP contribution in [0.3, 0.4) is 0 Å². The third-order valence-corrected chi connectivity index (χ3v) is 8.97. The monoisotopic (exact) mass is 800 g/mol. The van der Waals surface area contributed by atoms with Crippen LogP contribution in [0.1, 0.15) is 37.9 Å². The Morgan fingerprint density at radius 2 is 1.68 bits per heavy atom. The van der Waals surface area contributed by atoms with Gasteiger partial charge in [-0.15, -0.1) is 0 Å². The Hall–Kier alpha value is -3.37. The van der Waals surface area contributed by atoms with Crippen molar-refractivity contribution in [1.29, 1.82) is 0 Å². The van der Waals surface area contributed by atoms with E-state index in [1.165, 1.54) is 37.2 Å². The predicted octanol–water partition coefficient (Wildman–Crippen LogP) is 4.13. The third-order valence-electron chi connectivity index (χ3n) is 6.50. The molecule has 2 heterocycles. The van der Waals surface area contributed by atoms with Gasteiger partial charge in [-0.25, -0.2) is 14.6 Å². The molecule has 1 aliphatic heterocycles. The predicted molar refractivity (Wildman–Crippen MR) is 175 cm³/mol. The van der Waals surface area contributed by atoms with Crippen molar-refractivity contribution in [3.8, 4) is 23.0 Å². The maximum Gasteiger partial charge on any atom is 0.344 e. The number of halogens is 2. The van der Waals surface area contributed by atoms with Gasteiger partial charge in [0.1, 0.15) is 0 Å². The summed E-state index contributed by atoms with van der Waals surface area (Å²) >= 11 is 6.87. The van der Waals surface area contributed by atoms with Crippen LogP contribution in [-0.4, -0.2) is 57.7 Å². The molecule has 44 heavy (non-hydrogen) atoms. The number of carbonyl (C=O) groups is 2. The number of benzene rings is 2. The number of thiazole rings is 1. The van der Waals surface area contributed by atoms with Crippen LogP contribution >= 0.6 is 49.9 Å². The molecule has 3 aromatic rings. The van der Waals surface area contributed by atoms with Gasteiger partial charge in [0.25, 0.3) is 5.56 Å². The fraction of sp³-hybridized carbons (Fsp3) is 0.333. The minimum Gasteiger partial charge on any atom is -0.493 e. The molecule has 11 nitrogen and oxygen atoms in total. The molecule has 1 aromatic heterocycles. The van der Waals surface area contributed by atoms with Gasteiger partial charge in [0.15, 0.2) is 34.4 Å². The van der Waals surface area contributed by atoms with E-state index in [1.807, 2.05) is 0 Å². The highest BCUT2D eigenvalue weighted by molar-refractivity contribution is 14.1. The minimum absolute atomic E-state index is 0.153. The Labute approximate surface area is 279 Å². The van der Waals surface area contributed by atoms with Crippen LogP contribution in [0.4, 0.5) is 0 Å². The van der Waals surface area contributed by atoms with E-state index < -0.39 is 18.0 Å². The van der Waals surface area contributed by atoms with Gasteiger partial charge in [-0.2, -0.15) is 0 Å². The summed E-state index contributed by atoms with van der Waals surface area (Å²) in [4.78, 5) is 44.3. The first-order chi connectivity index (χ1) is 21.1. The molecule has 14 heteroatoms. The number of fused-ring (bicyclic) bond motifs is 1. The fourth-order valence-electron chi connectivity index (χ4n) is 4.61. The average Bonchev–Trinajstić information content (AvgIpc) is 3.29. The van der Waals surface area contributed by atoms with Gasteiger partial charge in [-0.05, 0) is 84.8 Å². The number of hydrogen-bond acceptors (Lipinski definition) is 11. The van der Waals surface area contributed by atoms with Crippen molar-refractivity contribution < 1.29 is 38.0 Å². The first kappa shape index (κ1) is 33.5. The summed E-state index contributed by atoms with van der Waals surface area (Å²) in [6.45, 7) is 5.28. The Morgan fingerprint density at radius 1 is 1.02 bits per heavy atom. The van der Waals surface area contributed by atoms with Crippen LogP contribution in [0.2, 0.25) is 0 Å². The number of methoxy groups -OCH3 is 3. The molecule has 1 aliphatic rings. The highest BCUT2D eigenvalue weighted by Crippen LogP contribution is 2.41. The van der Waals surface area contributed by atoms with E-state index >= 15 is 0 Å². The van der Waals surface area contributed by atoms with Crippen LogP contribution in [0, 0.1) is 3.57 Å². The molecule has 0 aliphatic carbocycles. The smallest absolute Gasteiger partial charge is 0.344 e. The van der Waals surface area contributed by atoms with Crippen molar-refractivity contribution in [3.63, 3.8) is 0 Å². The molecule has 1 atom stereocenters. The fourth-order valence-corrected chi connectivity index (χ4v) is 6.98. The Balaban J connectivity index is 1.89. The van der Waals surface area contributed by atoms with Gasteiger partial charge < -0.3 is 28.4 Å². The largest absolute Gasteiger partial charge is 0.493 e. The lowest BCUT2D eigenvalue weighted by Gasteiger charge is -2.26. The van der Waals surface area contributed by atoms with Crippen molar-refractivity contribution >= 4 is 67.9 Å². The van der Waals surface area contributed by atoms with Crippen LogP contribution < -0.4 is 33.8 Å². The SMILES string of the molecule is CCOC(=O)COc1c(I)cc(/C=c2\sc3n(c2=O)[C@@H](c2cc(OC)c(OC)cc2Br)C(C(=O)OCC)=C(C)N=3)cc1OC. The minimum atomic E-state index is -0.866. The third kappa shape index (κ3) is 6.81. The zero-order valence-corrected chi connectivity index (χ0v) is 29.4. The second-order valence-corrected chi connectivity index (χ2v) is 12.2. The van der Waals surface area contributed by atoms with Gasteiger partial charge in [-0.3, -0.25) is 9.36 Å². The molecule has 0 bridgehead atoms. The van der Waals surface area contributed by atoms with Crippen molar-refractivity contribution in [2.45, 2.75) is 26.8 Å². The number of aromatic nitrogens is 1. The van der Waals surface area contributed by atoms with E-state index in [9.17, 15) is 14.4 Å². The lowest BCUT2D eigenvalue weighted by Crippen LogP contribution is -2.40. The number of rotatable bonds is 11. The molecule has 4 rings (SSSR count). The summed E-state index contributed by atoms with van der Waals surface area (Å²) in [6.07, 6.45) is 1.72. The first-order valence-electron chi connectivity index (χ1n) is 13.3. The van der Waals surface area contributed by atoms with E-state index in [4.69, 9.17) is 28.4 Å². The quantitative estimate of drug-likeness (QED) is 0.208. The lowest BCUT2D eigenvalue weighted by atomic mass is 9.95. The molecule has 0 spiro atoms. The number of carbonyl (C=O) groups excluding carboxylic acids is 2. The summed E-state index contributed by atoms with van der Waals surface area (Å²) < 4.78 is 35.6. The van der Waals surface area contributed by atoms with E-state index in [0.29, 0.717) is 57.2 Å². The van der Waals surface area contributed by atoms with Crippen LogP contribution in [-0.2, 0) is 19.1 Å². The van der Waals surface area contributed by atoms with Crippen molar-refractivity contribution in [2.75, 3.05) is 41.2 Å². The topological polar surface area (TPSA) is 124 Å². The molecule has 0 N–H and O–H groups in total. The molecule has 0 fully saturated rings. The summed E-state index contributed by atoms with van der Waals surface area (Å²) in [5, 5.41) is 0. The zero-order chi connectivity index (χ0) is 32.1. The molecular formula is C30H30BrIN2O9S. The molecular weight excluding hydrogens is 771 g/mol. The molecule has 0 saturated heterocycles. The van der Waals surface area contributed by atoms with Gasteiger partial charge in [0, 0.05) is 4.47 Å². The zero-order valence-electron chi connectivity index (χ0n) is 24.8. The van der Waals surface area contributed by atoms with E-state index in [-0.39, 0.29) is 31.0 Å². The van der Waals surface area contributed by atoms with E-state index in [2.05, 4.69) is 43.5 Å². The molecule has 0 radical (unpaired) electrons. The van der Waals surface area contributed by atoms with Gasteiger partial charge in [0.05, 0.1) is 60.0 Å². The normalized spacial score (nSPS) is 14.5. The molecule has 234 valence electrons. The molecule has 2 aromatic carbocycles. The Kier molecular flexibility index (Phi) is 11.1. The molecule has 0 amide bonds. The highest BCUT2D eigenvalue weighted by atomic mass is 127. The van der Waals surface area contributed by atoms with E-state index in [1.54, 1.807) is 51.1 Å². The van der Waals surface area contributed by atoms with Crippen LogP contribution in [0.5, 0.6) is 23.0 Å². The van der Waals surface area contributed by atoms with Crippen molar-refractivity contribution in [2.24, 2.45) is 4.99 Å². The summed E-state index contributed by atoms with van der Waals surface area (Å²) in [7, 11) is 4.52. The maximum absolute atomic E-state index is 14.1. The number of esters is 2. The summed E-state index contributed by atoms with van der Waals surface area (Å²) in [6, 6.07) is 6.10. The first-order valence-corrected chi connectivity index (χ1v) is 16.0. The summed E-state index contributed by atoms with van der Waals surface area (Å²) in [5.74, 6) is 0.599. The lowest BCUT2D eigenvalue weighted by molar-refractivity contribution is -0.145. The van der Waals surface area contributed by atoms with Crippen LogP contribution in [0.25, 0.3) is 6.08 Å². The van der Waals surface area contributed by atoms with Gasteiger partial charge in [-0.1, -0.05) is 27.3 Å². The van der Waals surface area contributed by atoms with Crippen LogP contribution in [0.15, 0.2) is 49.8 Å². The van der Waals surface area contributed by atoms with Crippen molar-refractivity contribution in [1.82, 2.24) is 4.57 Å². The standard InChI is InChI=1S/C30H30BrIN2O9S/c1-7-41-24(35)14-43-27-19(32)9-16(10-22(27)40-6)11-23-28(36)34-26(17-12-20(38-4)21(39-5)13-18(17)31)25(29(37)42-8-2)15(3)33-30(34)44-23/h9-13,26H,7-8,14H2,1-6H3/b23-11-/t26-/m0/s1. The van der Waals surface area contributed by atoms with Crippen molar-refractivity contribution in [3.05, 3.63) is 74.4 Å². The number of hydrogen-bond donors (Lipinski definition) is 0. The second kappa shape index (κ2) is 14.6. The second-order valence-electron chi connectivity index (χ2n) is 9.16. The molecule has 0 saturated carbocycles. The van der Waals surface area contributed by atoms with Gasteiger partial charge in [0.2, 0.25) is 0 Å². The number of ether oxygens (including phenoxy) is 6. The van der Waals surface area contributed by atoms with E-state index in [0.717, 1.165) is 0 Å². The highest BCUT2D eigenvalue weighted by Gasteiger charge is 2.35. The Bertz CT molecular complexity index is 1820. The maximum atomic E-state index is 14.1. The summed E-state index contributed by atoms with van der Waals surface area (Å²) in [5.41, 5.74) is 1.56. The number of nitrogens with zero attached hydrogens (tertiary/aromatic N) is 2. The number of allylic oxidation sites excluding steroid dienone is 1.